The van der Waals surface area contributed by atoms with Gasteiger partial charge in [-0.3, -0.25) is 19.9 Å². The summed E-state index contributed by atoms with van der Waals surface area (Å²) in [6.07, 6.45) is 35.6. The smallest absolute Gasteiger partial charge is 0.306 e. The molecule has 0 saturated heterocycles. The summed E-state index contributed by atoms with van der Waals surface area (Å²) in [6, 6.07) is 0. The van der Waals surface area contributed by atoms with E-state index in [4.69, 9.17) is 14.7 Å². The van der Waals surface area contributed by atoms with E-state index in [2.05, 4.69) is 36.0 Å². The highest BCUT2D eigenvalue weighted by Gasteiger charge is 2.14. The lowest BCUT2D eigenvalue weighted by Gasteiger charge is -2.22. The van der Waals surface area contributed by atoms with Crippen LogP contribution in [-0.4, -0.2) is 80.7 Å². The molecule has 0 heterocycles. The molecule has 0 aromatic carbocycles. The molecule has 9 heteroatoms. The molecule has 0 aliphatic rings. The number of aliphatic imine (C=N–C) groups is 1. The number of carbonyl (C=O) groups excluding carboxylic acids is 2. The molecule has 0 aromatic rings. The minimum atomic E-state index is -0.0304. The van der Waals surface area contributed by atoms with Crippen molar-refractivity contribution in [2.24, 2.45) is 4.99 Å². The number of guanidine groups is 1. The maximum atomic E-state index is 12.6. The van der Waals surface area contributed by atoms with Gasteiger partial charge in [0, 0.05) is 33.5 Å². The molecule has 9 nitrogen and oxygen atoms in total. The Morgan fingerprint density at radius 3 is 1.61 bits per heavy atom. The van der Waals surface area contributed by atoms with Crippen LogP contribution in [0, 0.1) is 11.5 Å². The van der Waals surface area contributed by atoms with E-state index >= 15 is 0 Å². The number of esters is 2. The lowest BCUT2D eigenvalue weighted by atomic mass is 10.0. The van der Waals surface area contributed by atoms with Crippen molar-refractivity contribution >= 4 is 17.9 Å². The maximum absolute atomic E-state index is 12.6. The van der Waals surface area contributed by atoms with Gasteiger partial charge in [-0.05, 0) is 77.4 Å². The minimum Gasteiger partial charge on any atom is -0.466 e. The first-order valence-electron chi connectivity index (χ1n) is 22.8. The van der Waals surface area contributed by atoms with E-state index in [0.29, 0.717) is 32.0 Å². The summed E-state index contributed by atoms with van der Waals surface area (Å²) >= 11 is 0. The van der Waals surface area contributed by atoms with Gasteiger partial charge in [-0.15, -0.1) is 0 Å². The van der Waals surface area contributed by atoms with Crippen molar-refractivity contribution in [1.82, 2.24) is 15.1 Å². The molecule has 0 saturated carbocycles. The topological polar surface area (TPSA) is 107 Å². The molecule has 316 valence electrons. The summed E-state index contributed by atoms with van der Waals surface area (Å²) in [5, 5.41) is 11.7. The first kappa shape index (κ1) is 51.7. The summed E-state index contributed by atoms with van der Waals surface area (Å²) in [6.45, 7) is 11.1. The fourth-order valence-electron chi connectivity index (χ4n) is 6.84. The monoisotopic (exact) mass is 762 g/mol. The van der Waals surface area contributed by atoms with Crippen molar-refractivity contribution < 1.29 is 19.1 Å². The number of hydrogen-bond donors (Lipinski definition) is 1. The molecular weight excluding hydrogens is 675 g/mol. The van der Waals surface area contributed by atoms with E-state index in [1.54, 1.807) is 0 Å². The Balaban J connectivity index is 4.39. The summed E-state index contributed by atoms with van der Waals surface area (Å²) in [7, 11) is 3.78. The number of nitriles is 1. The van der Waals surface area contributed by atoms with Crippen molar-refractivity contribution in [3.63, 3.8) is 0 Å². The Kier molecular flexibility index (Phi) is 38.6. The van der Waals surface area contributed by atoms with Crippen LogP contribution in [0.25, 0.3) is 0 Å². The highest BCUT2D eigenvalue weighted by Crippen LogP contribution is 2.17. The molecule has 0 aliphatic heterocycles. The average molecular weight is 762 g/mol. The van der Waals surface area contributed by atoms with Gasteiger partial charge >= 0.3 is 11.9 Å². The highest BCUT2D eigenvalue weighted by molar-refractivity contribution is 5.80. The van der Waals surface area contributed by atoms with Crippen LogP contribution < -0.4 is 5.32 Å². The van der Waals surface area contributed by atoms with Crippen molar-refractivity contribution in [2.45, 2.75) is 219 Å². The lowest BCUT2D eigenvalue weighted by molar-refractivity contribution is -0.150. The Morgan fingerprint density at radius 1 is 0.593 bits per heavy atom. The minimum absolute atomic E-state index is 0.00173. The largest absolute Gasteiger partial charge is 0.466 e. The van der Waals surface area contributed by atoms with Gasteiger partial charge in [0.05, 0.1) is 6.61 Å². The molecule has 1 unspecified atom stereocenters. The number of unbranched alkanes of at least 4 members (excludes halogenated alkanes) is 20. The Bertz CT molecular complexity index is 922. The van der Waals surface area contributed by atoms with Crippen LogP contribution in [-0.2, 0) is 19.1 Å². The lowest BCUT2D eigenvalue weighted by Crippen LogP contribution is -2.34. The highest BCUT2D eigenvalue weighted by atomic mass is 16.5. The van der Waals surface area contributed by atoms with Gasteiger partial charge in [0.1, 0.15) is 6.10 Å². The summed E-state index contributed by atoms with van der Waals surface area (Å²) < 4.78 is 11.4. The standard InChI is InChI=1S/C45H87N5O4/c1-6-9-12-14-16-20-26-34-43(51)53-40-30-24-18-23-29-38-50(39-31-36-47-45(48-41-46)49(4)5)37-28-22-17-21-27-35-44(52)54-42(32-11-8-3)33-25-19-15-13-10-7-2/h42H,6-40H2,1-5H3,(H,47,48). The first-order chi connectivity index (χ1) is 26.4. The van der Waals surface area contributed by atoms with E-state index in [1.807, 2.05) is 25.2 Å². The third kappa shape index (κ3) is 35.4. The van der Waals surface area contributed by atoms with Crippen LogP contribution in [0.4, 0.5) is 0 Å². The molecular formula is C45H87N5O4. The molecule has 1 N–H and O–H groups in total. The predicted molar refractivity (Wildman–Crippen MR) is 228 cm³/mol. The third-order valence-corrected chi connectivity index (χ3v) is 10.3. The quantitative estimate of drug-likeness (QED) is 0.0165. The molecule has 1 atom stereocenters. The van der Waals surface area contributed by atoms with E-state index in [-0.39, 0.29) is 18.0 Å². The van der Waals surface area contributed by atoms with Crippen LogP contribution in [0.5, 0.6) is 0 Å². The first-order valence-corrected chi connectivity index (χ1v) is 22.8. The second-order valence-corrected chi connectivity index (χ2v) is 15.7. The molecule has 0 fully saturated rings. The second kappa shape index (κ2) is 40.3. The van der Waals surface area contributed by atoms with Crippen molar-refractivity contribution in [3.8, 4) is 6.19 Å². The van der Waals surface area contributed by atoms with Crippen molar-refractivity contribution in [2.75, 3.05) is 46.9 Å². The fourth-order valence-corrected chi connectivity index (χ4v) is 6.84. The number of rotatable bonds is 39. The second-order valence-electron chi connectivity index (χ2n) is 15.7. The SMILES string of the molecule is CCCCCCCCCC(=O)OCCCCCCCN(CCCCCCCC(=O)OC(CCCC)CCCCCCCC)CCCN=C(NC#N)N(C)C. The number of nitrogens with one attached hydrogen (secondary N) is 1. The van der Waals surface area contributed by atoms with E-state index in [0.717, 1.165) is 103 Å². The van der Waals surface area contributed by atoms with Crippen molar-refractivity contribution in [1.29, 1.82) is 5.26 Å². The zero-order valence-electron chi connectivity index (χ0n) is 36.2. The van der Waals surface area contributed by atoms with Gasteiger partial charge in [-0.2, -0.15) is 5.26 Å². The van der Waals surface area contributed by atoms with E-state index < -0.39 is 0 Å². The molecule has 0 rings (SSSR count). The van der Waals surface area contributed by atoms with Gasteiger partial charge in [-0.1, -0.05) is 143 Å². The molecule has 0 radical (unpaired) electrons. The van der Waals surface area contributed by atoms with Crippen LogP contribution in [0.1, 0.15) is 213 Å². The Hall–Kier alpha value is -2.34. The zero-order valence-corrected chi connectivity index (χ0v) is 36.2. The number of hydrogen-bond acceptors (Lipinski definition) is 7. The third-order valence-electron chi connectivity index (χ3n) is 10.3. The van der Waals surface area contributed by atoms with Gasteiger partial charge in [0.15, 0.2) is 6.19 Å². The van der Waals surface area contributed by atoms with Gasteiger partial charge < -0.3 is 19.3 Å². The Labute approximate surface area is 334 Å². The van der Waals surface area contributed by atoms with E-state index in [9.17, 15) is 9.59 Å². The normalized spacial score (nSPS) is 12.1. The Morgan fingerprint density at radius 2 is 1.06 bits per heavy atom. The molecule has 54 heavy (non-hydrogen) atoms. The van der Waals surface area contributed by atoms with Gasteiger partial charge in [-0.25, -0.2) is 0 Å². The fraction of sp³-hybridized carbons (Fsp3) is 0.911. The summed E-state index contributed by atoms with van der Waals surface area (Å²) in [5.74, 6) is 0.570. The van der Waals surface area contributed by atoms with Crippen LogP contribution >= 0.6 is 0 Å². The van der Waals surface area contributed by atoms with E-state index in [1.165, 1.54) is 96.3 Å². The molecule has 0 aromatic heterocycles. The number of nitrogens with zero attached hydrogens (tertiary/aromatic N) is 4. The zero-order chi connectivity index (χ0) is 39.7. The van der Waals surface area contributed by atoms with Crippen LogP contribution in [0.3, 0.4) is 0 Å². The van der Waals surface area contributed by atoms with Gasteiger partial charge in [0.25, 0.3) is 0 Å². The summed E-state index contributed by atoms with van der Waals surface area (Å²) in [5.41, 5.74) is 0. The maximum Gasteiger partial charge on any atom is 0.306 e. The van der Waals surface area contributed by atoms with Crippen LogP contribution in [0.2, 0.25) is 0 Å². The summed E-state index contributed by atoms with van der Waals surface area (Å²) in [4.78, 5) is 33.7. The average Bonchev–Trinajstić information content (AvgIpc) is 3.15. The van der Waals surface area contributed by atoms with Crippen molar-refractivity contribution in [3.05, 3.63) is 0 Å². The molecule has 0 amide bonds. The molecule has 0 aliphatic carbocycles. The molecule has 0 spiro atoms. The number of ether oxygens (including phenoxy) is 2. The number of carbonyl (C=O) groups is 2. The molecule has 0 bridgehead atoms. The predicted octanol–water partition coefficient (Wildman–Crippen LogP) is 11.5. The van der Waals surface area contributed by atoms with Crippen LogP contribution in [0.15, 0.2) is 4.99 Å². The van der Waals surface area contributed by atoms with Gasteiger partial charge in [0.2, 0.25) is 5.96 Å².